The first-order chi connectivity index (χ1) is 20.8. The van der Waals surface area contributed by atoms with Gasteiger partial charge in [-0.2, -0.15) is 5.10 Å². The fraction of sp³-hybridized carbons (Fsp3) is 0.258. The number of hydrazone groups is 1. The van der Waals surface area contributed by atoms with Gasteiger partial charge in [-0.15, -0.1) is 0 Å². The summed E-state index contributed by atoms with van der Waals surface area (Å²) >= 11 is 9.64. The lowest BCUT2D eigenvalue weighted by atomic mass is 10.2. The Morgan fingerprint density at radius 2 is 1.74 bits per heavy atom. The number of morpholine rings is 1. The van der Waals surface area contributed by atoms with Crippen LogP contribution in [0.4, 0.5) is 0 Å². The van der Waals surface area contributed by atoms with E-state index in [1.54, 1.807) is 29.2 Å². The lowest BCUT2D eigenvalue weighted by Crippen LogP contribution is -2.43. The summed E-state index contributed by atoms with van der Waals surface area (Å²) in [4.78, 5) is 26.9. The van der Waals surface area contributed by atoms with Crippen LogP contribution in [0.2, 0.25) is 5.02 Å². The van der Waals surface area contributed by atoms with Gasteiger partial charge in [0.2, 0.25) is 0 Å². The largest absolute Gasteiger partial charge is 0.486 e. The minimum absolute atomic E-state index is 0.0736. The molecule has 10 nitrogen and oxygen atoms in total. The van der Waals surface area contributed by atoms with Crippen LogP contribution < -0.4 is 14.9 Å². The molecule has 1 saturated heterocycles. The van der Waals surface area contributed by atoms with Gasteiger partial charge in [0.05, 0.1) is 23.9 Å². The number of hydrogen-bond acceptors (Lipinski definition) is 7. The highest BCUT2D eigenvalue weighted by Crippen LogP contribution is 2.32. The SMILES string of the molecule is Cc1ccc(C)n1-c1ccc(OCc2ccc(C(=O)N/N=C/c3cc(Cl)cc(Br)c3OCC(=O)N3CCOCC3)o2)cc1. The van der Waals surface area contributed by atoms with Crippen molar-refractivity contribution in [3.8, 4) is 17.2 Å². The van der Waals surface area contributed by atoms with Crippen LogP contribution in [0, 0.1) is 13.8 Å². The molecule has 0 saturated carbocycles. The maximum absolute atomic E-state index is 12.6. The molecule has 4 aromatic rings. The number of amides is 2. The van der Waals surface area contributed by atoms with Crippen LogP contribution in [-0.4, -0.2) is 60.4 Å². The zero-order chi connectivity index (χ0) is 30.3. The second kappa shape index (κ2) is 13.9. The van der Waals surface area contributed by atoms with E-state index in [-0.39, 0.29) is 24.9 Å². The molecule has 2 aromatic carbocycles. The van der Waals surface area contributed by atoms with Gasteiger partial charge in [0.15, 0.2) is 12.4 Å². The number of nitrogens with zero attached hydrogens (tertiary/aromatic N) is 3. The molecule has 5 rings (SSSR count). The average molecular weight is 670 g/mol. The van der Waals surface area contributed by atoms with Crippen LogP contribution in [-0.2, 0) is 16.1 Å². The first kappa shape index (κ1) is 30.4. The number of halogens is 2. The Kier molecular flexibility index (Phi) is 9.86. The van der Waals surface area contributed by atoms with E-state index in [2.05, 4.69) is 57.0 Å². The third-order valence-electron chi connectivity index (χ3n) is 6.74. The van der Waals surface area contributed by atoms with Crippen molar-refractivity contribution in [3.63, 3.8) is 0 Å². The Bertz CT molecular complexity index is 1610. The third kappa shape index (κ3) is 7.67. The number of carbonyl (C=O) groups excluding carboxylic acids is 2. The number of carbonyl (C=O) groups is 2. The van der Waals surface area contributed by atoms with Crippen LogP contribution in [0.25, 0.3) is 5.69 Å². The molecule has 0 radical (unpaired) electrons. The molecule has 1 fully saturated rings. The lowest BCUT2D eigenvalue weighted by molar-refractivity contribution is -0.137. The second-order valence-electron chi connectivity index (χ2n) is 9.79. The summed E-state index contributed by atoms with van der Waals surface area (Å²) in [5.74, 6) is 0.899. The van der Waals surface area contributed by atoms with Crippen LogP contribution >= 0.6 is 27.5 Å². The van der Waals surface area contributed by atoms with Gasteiger partial charge in [-0.05, 0) is 90.4 Å². The monoisotopic (exact) mass is 668 g/mol. The Morgan fingerprint density at radius 1 is 1.02 bits per heavy atom. The molecule has 3 heterocycles. The molecular weight excluding hydrogens is 640 g/mol. The highest BCUT2D eigenvalue weighted by Gasteiger charge is 2.19. The maximum atomic E-state index is 12.6. The number of benzene rings is 2. The smallest absolute Gasteiger partial charge is 0.307 e. The lowest BCUT2D eigenvalue weighted by Gasteiger charge is -2.26. The number of hydrogen-bond donors (Lipinski definition) is 1. The van der Waals surface area contributed by atoms with Gasteiger partial charge in [-0.1, -0.05) is 11.6 Å². The zero-order valence-corrected chi connectivity index (χ0v) is 26.0. The maximum Gasteiger partial charge on any atom is 0.307 e. The van der Waals surface area contributed by atoms with E-state index in [0.29, 0.717) is 58.6 Å². The van der Waals surface area contributed by atoms with E-state index in [9.17, 15) is 9.59 Å². The van der Waals surface area contributed by atoms with Crippen molar-refractivity contribution in [2.45, 2.75) is 20.5 Å². The number of furan rings is 1. The van der Waals surface area contributed by atoms with E-state index in [4.69, 9.17) is 30.2 Å². The van der Waals surface area contributed by atoms with E-state index < -0.39 is 5.91 Å². The summed E-state index contributed by atoms with van der Waals surface area (Å²) in [6, 6.07) is 18.4. The summed E-state index contributed by atoms with van der Waals surface area (Å²) in [6.07, 6.45) is 1.39. The van der Waals surface area contributed by atoms with Gasteiger partial charge >= 0.3 is 5.91 Å². The summed E-state index contributed by atoms with van der Waals surface area (Å²) in [5, 5.41) is 4.46. The fourth-order valence-corrected chi connectivity index (χ4v) is 5.53. The Labute approximate surface area is 262 Å². The van der Waals surface area contributed by atoms with Crippen molar-refractivity contribution in [1.82, 2.24) is 14.9 Å². The quantitative estimate of drug-likeness (QED) is 0.172. The number of ether oxygens (including phenoxy) is 3. The van der Waals surface area contributed by atoms with Gasteiger partial charge in [-0.25, -0.2) is 5.43 Å². The van der Waals surface area contributed by atoms with Crippen LogP contribution in [0.1, 0.15) is 33.3 Å². The van der Waals surface area contributed by atoms with Crippen molar-refractivity contribution in [2.75, 3.05) is 32.9 Å². The summed E-state index contributed by atoms with van der Waals surface area (Å²) in [6.45, 7) is 6.15. The first-order valence-corrected chi connectivity index (χ1v) is 14.7. The molecule has 0 bridgehead atoms. The summed E-state index contributed by atoms with van der Waals surface area (Å²) in [5.41, 5.74) is 6.27. The van der Waals surface area contributed by atoms with Crippen LogP contribution in [0.15, 0.2) is 74.7 Å². The van der Waals surface area contributed by atoms with Crippen LogP contribution in [0.3, 0.4) is 0 Å². The Balaban J connectivity index is 1.15. The molecule has 43 heavy (non-hydrogen) atoms. The van der Waals surface area contributed by atoms with E-state index >= 15 is 0 Å². The molecule has 0 aliphatic carbocycles. The van der Waals surface area contributed by atoms with Gasteiger partial charge in [0, 0.05) is 40.8 Å². The minimum Gasteiger partial charge on any atom is -0.486 e. The van der Waals surface area contributed by atoms with E-state index in [1.165, 1.54) is 6.21 Å². The predicted molar refractivity (Wildman–Crippen MR) is 165 cm³/mol. The van der Waals surface area contributed by atoms with Crippen molar-refractivity contribution in [1.29, 1.82) is 0 Å². The fourth-order valence-electron chi connectivity index (χ4n) is 4.58. The highest BCUT2D eigenvalue weighted by atomic mass is 79.9. The van der Waals surface area contributed by atoms with Crippen molar-refractivity contribution in [2.24, 2.45) is 5.10 Å². The molecule has 2 amide bonds. The topological polar surface area (TPSA) is 108 Å². The molecule has 1 N–H and O–H groups in total. The molecule has 224 valence electrons. The molecule has 0 unspecified atom stereocenters. The van der Waals surface area contributed by atoms with Gasteiger partial charge in [-0.3, -0.25) is 9.59 Å². The van der Waals surface area contributed by atoms with E-state index in [0.717, 1.165) is 17.1 Å². The predicted octanol–water partition coefficient (Wildman–Crippen LogP) is 5.68. The first-order valence-electron chi connectivity index (χ1n) is 13.6. The Morgan fingerprint density at radius 3 is 2.47 bits per heavy atom. The molecule has 0 spiro atoms. The van der Waals surface area contributed by atoms with Crippen LogP contribution in [0.5, 0.6) is 11.5 Å². The highest BCUT2D eigenvalue weighted by molar-refractivity contribution is 9.10. The van der Waals surface area contributed by atoms with Gasteiger partial charge in [0.1, 0.15) is 23.9 Å². The molecular formula is C31H30BrClN4O6. The normalized spacial score (nSPS) is 13.3. The Hall–Kier alpha value is -4.06. The van der Waals surface area contributed by atoms with Crippen molar-refractivity contribution >= 4 is 45.6 Å². The summed E-state index contributed by atoms with van der Waals surface area (Å²) < 4.78 is 25.3. The van der Waals surface area contributed by atoms with Crippen molar-refractivity contribution < 1.29 is 28.2 Å². The second-order valence-corrected chi connectivity index (χ2v) is 11.1. The molecule has 1 aliphatic rings. The molecule has 2 aromatic heterocycles. The van der Waals surface area contributed by atoms with Gasteiger partial charge in [0.25, 0.3) is 5.91 Å². The average Bonchev–Trinajstić information content (AvgIpc) is 3.62. The molecule has 1 aliphatic heterocycles. The standard InChI is InChI=1S/C31H30BrClN4O6/c1-20-3-4-21(2)37(20)24-5-7-25(8-6-24)41-18-26-9-10-28(43-26)31(39)35-34-17-22-15-23(33)16-27(32)30(22)42-19-29(38)36-11-13-40-14-12-36/h3-10,15-17H,11-14,18-19H2,1-2H3,(H,35,39)/b34-17+. The number of aromatic nitrogens is 1. The zero-order valence-electron chi connectivity index (χ0n) is 23.6. The van der Waals surface area contributed by atoms with Crippen molar-refractivity contribution in [3.05, 3.63) is 98.6 Å². The third-order valence-corrected chi connectivity index (χ3v) is 7.55. The number of rotatable bonds is 10. The number of aryl methyl sites for hydroxylation is 2. The number of nitrogens with one attached hydrogen (secondary N) is 1. The summed E-state index contributed by atoms with van der Waals surface area (Å²) in [7, 11) is 0. The molecule has 12 heteroatoms. The van der Waals surface area contributed by atoms with Gasteiger partial charge < -0.3 is 28.1 Å². The van der Waals surface area contributed by atoms with E-state index in [1.807, 2.05) is 24.3 Å². The minimum atomic E-state index is -0.546. The molecule has 0 atom stereocenters.